The molecule has 3 aromatic rings. The number of benzene rings is 2. The normalized spacial score (nSPS) is 16.0. The van der Waals surface area contributed by atoms with Crippen LogP contribution in [0.25, 0.3) is 10.2 Å². The monoisotopic (exact) mass is 415 g/mol. The second-order valence-electron chi connectivity index (χ2n) is 6.40. The smallest absolute Gasteiger partial charge is 0.268 e. The van der Waals surface area contributed by atoms with Gasteiger partial charge < -0.3 is 4.74 Å². The van der Waals surface area contributed by atoms with Crippen molar-refractivity contribution in [1.82, 2.24) is 4.98 Å². The Balaban J connectivity index is 1.63. The van der Waals surface area contributed by atoms with Crippen LogP contribution in [-0.4, -0.2) is 36.0 Å². The summed E-state index contributed by atoms with van der Waals surface area (Å²) >= 11 is 7.46. The predicted octanol–water partition coefficient (Wildman–Crippen LogP) is 4.12. The number of halogens is 1. The molecule has 0 aliphatic carbocycles. The van der Waals surface area contributed by atoms with E-state index in [9.17, 15) is 9.59 Å². The average Bonchev–Trinajstić information content (AvgIpc) is 3.08. The van der Waals surface area contributed by atoms with Crippen LogP contribution in [0.4, 0.5) is 10.8 Å². The van der Waals surface area contributed by atoms with Crippen LogP contribution in [0.2, 0.25) is 5.02 Å². The molecule has 0 N–H and O–H groups in total. The summed E-state index contributed by atoms with van der Waals surface area (Å²) in [5, 5.41) is 1.19. The fraction of sp³-hybridized carbons (Fsp3) is 0.250. The topological polar surface area (TPSA) is 62.7 Å². The van der Waals surface area contributed by atoms with Gasteiger partial charge in [0.25, 0.3) is 5.91 Å². The van der Waals surface area contributed by atoms with Gasteiger partial charge in [0.2, 0.25) is 5.91 Å². The van der Waals surface area contributed by atoms with Crippen molar-refractivity contribution in [2.75, 3.05) is 22.9 Å². The maximum absolute atomic E-state index is 13.1. The molecule has 144 valence electrons. The maximum Gasteiger partial charge on any atom is 0.268 e. The molecule has 0 spiro atoms. The summed E-state index contributed by atoms with van der Waals surface area (Å²) in [6.45, 7) is 3.94. The van der Waals surface area contributed by atoms with E-state index in [1.54, 1.807) is 36.1 Å². The van der Waals surface area contributed by atoms with Crippen LogP contribution < -0.4 is 14.5 Å². The highest BCUT2D eigenvalue weighted by Crippen LogP contribution is 2.34. The molecule has 6 nitrogen and oxygen atoms in total. The highest BCUT2D eigenvalue weighted by molar-refractivity contribution is 7.22. The largest absolute Gasteiger partial charge is 0.479 e. The van der Waals surface area contributed by atoms with Crippen molar-refractivity contribution in [3.63, 3.8) is 0 Å². The Morgan fingerprint density at radius 2 is 2.11 bits per heavy atom. The van der Waals surface area contributed by atoms with E-state index in [1.165, 1.54) is 16.2 Å². The van der Waals surface area contributed by atoms with Crippen LogP contribution in [0.3, 0.4) is 0 Å². The molecule has 1 aliphatic heterocycles. The molecule has 4 rings (SSSR count). The molecule has 2 aromatic carbocycles. The van der Waals surface area contributed by atoms with Crippen LogP contribution in [0.1, 0.15) is 13.8 Å². The van der Waals surface area contributed by atoms with Gasteiger partial charge in [-0.15, -0.1) is 0 Å². The molecule has 0 fully saturated rings. The number of carbonyl (C=O) groups is 2. The number of carbonyl (C=O) groups excluding carboxylic acids is 2. The fourth-order valence-corrected chi connectivity index (χ4v) is 4.36. The van der Waals surface area contributed by atoms with Gasteiger partial charge in [0, 0.05) is 11.6 Å². The van der Waals surface area contributed by atoms with Gasteiger partial charge in [0.15, 0.2) is 11.2 Å². The summed E-state index contributed by atoms with van der Waals surface area (Å²) < 4.78 is 6.59. The van der Waals surface area contributed by atoms with E-state index in [-0.39, 0.29) is 18.4 Å². The molecule has 28 heavy (non-hydrogen) atoms. The van der Waals surface area contributed by atoms with E-state index in [0.717, 1.165) is 10.2 Å². The van der Waals surface area contributed by atoms with Gasteiger partial charge in [0.1, 0.15) is 12.3 Å². The number of rotatable bonds is 4. The number of amides is 2. The summed E-state index contributed by atoms with van der Waals surface area (Å²) in [5.74, 6) is 0.157. The minimum Gasteiger partial charge on any atom is -0.479 e. The van der Waals surface area contributed by atoms with E-state index in [1.807, 2.05) is 25.1 Å². The number of thiazole rings is 1. The molecule has 2 heterocycles. The zero-order valence-corrected chi connectivity index (χ0v) is 17.0. The molecule has 1 aromatic heterocycles. The molecule has 0 radical (unpaired) electrons. The Hall–Kier alpha value is -2.64. The van der Waals surface area contributed by atoms with Crippen molar-refractivity contribution in [3.8, 4) is 5.75 Å². The minimum absolute atomic E-state index is 0.0753. The van der Waals surface area contributed by atoms with Gasteiger partial charge in [-0.25, -0.2) is 4.98 Å². The van der Waals surface area contributed by atoms with Gasteiger partial charge in [-0.1, -0.05) is 35.1 Å². The van der Waals surface area contributed by atoms with Crippen LogP contribution in [0.5, 0.6) is 5.75 Å². The maximum atomic E-state index is 13.1. The second kappa shape index (κ2) is 7.41. The van der Waals surface area contributed by atoms with Gasteiger partial charge in [-0.2, -0.15) is 0 Å². The summed E-state index contributed by atoms with van der Waals surface area (Å²) in [4.78, 5) is 33.4. The highest BCUT2D eigenvalue weighted by atomic mass is 35.5. The van der Waals surface area contributed by atoms with Crippen LogP contribution >= 0.6 is 22.9 Å². The summed E-state index contributed by atoms with van der Waals surface area (Å²) in [6.07, 6.45) is -0.637. The number of likely N-dealkylation sites (N-methyl/N-ethyl adjacent to an activating group) is 1. The van der Waals surface area contributed by atoms with E-state index in [2.05, 4.69) is 4.98 Å². The van der Waals surface area contributed by atoms with Crippen molar-refractivity contribution in [2.24, 2.45) is 0 Å². The average molecular weight is 416 g/mol. The molecular weight excluding hydrogens is 398 g/mol. The first-order valence-corrected chi connectivity index (χ1v) is 10.1. The Bertz CT molecular complexity index is 1070. The van der Waals surface area contributed by atoms with Crippen molar-refractivity contribution in [1.29, 1.82) is 0 Å². The van der Waals surface area contributed by atoms with Crippen LogP contribution in [0, 0.1) is 0 Å². The predicted molar refractivity (Wildman–Crippen MR) is 112 cm³/mol. The number of fused-ring (bicyclic) bond motifs is 2. The molecule has 0 saturated carbocycles. The Labute approximate surface area is 171 Å². The number of nitrogens with zero attached hydrogens (tertiary/aromatic N) is 3. The molecule has 0 saturated heterocycles. The third kappa shape index (κ3) is 3.31. The van der Waals surface area contributed by atoms with Crippen molar-refractivity contribution in [2.45, 2.75) is 20.0 Å². The molecular formula is C20H18ClN3O3S. The lowest BCUT2D eigenvalue weighted by molar-refractivity contribution is -0.127. The zero-order valence-electron chi connectivity index (χ0n) is 15.4. The van der Waals surface area contributed by atoms with E-state index < -0.39 is 6.10 Å². The lowest BCUT2D eigenvalue weighted by atomic mass is 10.2. The SMILES string of the molecule is CCN(C(=O)CN1C(=O)C(C)Oc2ccccc21)c1nc2cc(Cl)ccc2s1. The van der Waals surface area contributed by atoms with Gasteiger partial charge in [-0.3, -0.25) is 19.4 Å². The second-order valence-corrected chi connectivity index (χ2v) is 7.84. The number of hydrogen-bond acceptors (Lipinski definition) is 5. The highest BCUT2D eigenvalue weighted by Gasteiger charge is 2.33. The Morgan fingerprint density at radius 3 is 2.89 bits per heavy atom. The van der Waals surface area contributed by atoms with Crippen molar-refractivity contribution < 1.29 is 14.3 Å². The van der Waals surface area contributed by atoms with Gasteiger partial charge in [0.05, 0.1) is 15.9 Å². The molecule has 1 aliphatic rings. The quantitative estimate of drug-likeness (QED) is 0.643. The van der Waals surface area contributed by atoms with Crippen molar-refractivity contribution in [3.05, 3.63) is 47.5 Å². The third-order valence-electron chi connectivity index (χ3n) is 4.55. The first kappa shape index (κ1) is 18.7. The Kier molecular flexibility index (Phi) is 4.95. The van der Waals surface area contributed by atoms with Crippen molar-refractivity contribution >= 4 is 55.8 Å². The van der Waals surface area contributed by atoms with Crippen LogP contribution in [-0.2, 0) is 9.59 Å². The van der Waals surface area contributed by atoms with E-state index in [0.29, 0.717) is 28.1 Å². The van der Waals surface area contributed by atoms with Gasteiger partial charge >= 0.3 is 0 Å². The number of anilines is 2. The van der Waals surface area contributed by atoms with Gasteiger partial charge in [-0.05, 0) is 44.2 Å². The van der Waals surface area contributed by atoms with Crippen LogP contribution in [0.15, 0.2) is 42.5 Å². The summed E-state index contributed by atoms with van der Waals surface area (Å²) in [6, 6.07) is 12.7. The molecule has 2 amide bonds. The first-order chi connectivity index (χ1) is 13.5. The zero-order chi connectivity index (χ0) is 19.8. The number of hydrogen-bond donors (Lipinski definition) is 0. The van der Waals surface area contributed by atoms with E-state index in [4.69, 9.17) is 16.3 Å². The summed E-state index contributed by atoms with van der Waals surface area (Å²) in [7, 11) is 0. The standard InChI is InChI=1S/C20H18ClN3O3S/c1-3-23(20-22-14-10-13(21)8-9-17(14)28-20)18(25)11-24-15-6-4-5-7-16(15)27-12(2)19(24)26/h4-10,12H,3,11H2,1-2H3. The fourth-order valence-electron chi connectivity index (χ4n) is 3.16. The minimum atomic E-state index is -0.637. The van der Waals surface area contributed by atoms with E-state index >= 15 is 0 Å². The summed E-state index contributed by atoms with van der Waals surface area (Å²) in [5.41, 5.74) is 1.35. The third-order valence-corrected chi connectivity index (χ3v) is 5.85. The molecule has 1 atom stereocenters. The number of aromatic nitrogens is 1. The number of ether oxygens (including phenoxy) is 1. The molecule has 1 unspecified atom stereocenters. The lowest BCUT2D eigenvalue weighted by Gasteiger charge is -2.33. The Morgan fingerprint density at radius 1 is 1.32 bits per heavy atom. The molecule has 8 heteroatoms. The first-order valence-electron chi connectivity index (χ1n) is 8.91. The lowest BCUT2D eigenvalue weighted by Crippen LogP contribution is -2.49. The number of para-hydroxylation sites is 2. The molecule has 0 bridgehead atoms.